The summed E-state index contributed by atoms with van der Waals surface area (Å²) < 4.78 is 4.61. The van der Waals surface area contributed by atoms with E-state index in [0.29, 0.717) is 0 Å². The normalized spacial score (nSPS) is 16.2. The van der Waals surface area contributed by atoms with E-state index in [0.717, 1.165) is 58.1 Å². The zero-order chi connectivity index (χ0) is 33.0. The Balaban J connectivity index is 0.00000348. The third kappa shape index (κ3) is 6.08. The molecule has 0 spiro atoms. The summed E-state index contributed by atoms with van der Waals surface area (Å²) in [6.45, 7) is 0. The number of rotatable bonds is 7. The van der Waals surface area contributed by atoms with Crippen LogP contribution in [0.15, 0.2) is 85.2 Å². The van der Waals surface area contributed by atoms with Crippen LogP contribution in [-0.4, -0.2) is 18.8 Å². The molecule has 0 unspecified atom stereocenters. The van der Waals surface area contributed by atoms with Crippen molar-refractivity contribution in [2.45, 2.75) is 89.9 Å². The van der Waals surface area contributed by atoms with Crippen molar-refractivity contribution in [3.8, 4) is 0 Å². The minimum absolute atomic E-state index is 0. The van der Waals surface area contributed by atoms with Gasteiger partial charge in [-0.2, -0.15) is 0 Å². The molecule has 51 heavy (non-hydrogen) atoms. The van der Waals surface area contributed by atoms with Gasteiger partial charge in [0.05, 0.1) is 11.3 Å². The van der Waals surface area contributed by atoms with Gasteiger partial charge in [-0.05, 0) is 71.6 Å². The van der Waals surface area contributed by atoms with Crippen LogP contribution < -0.4 is 0 Å². The Hall–Kier alpha value is -4.01. The molecular weight excluding hydrogens is 804 g/mol. The monoisotopic (exact) mass is 847 g/mol. The van der Waals surface area contributed by atoms with E-state index in [2.05, 4.69) is 94.0 Å². The van der Waals surface area contributed by atoms with Gasteiger partial charge in [0.1, 0.15) is 0 Å². The predicted octanol–water partition coefficient (Wildman–Crippen LogP) is 11.2. The number of hydrogen-bond acceptors (Lipinski definition) is 2. The summed E-state index contributed by atoms with van der Waals surface area (Å²) in [6.07, 6.45) is 22.3. The van der Waals surface area contributed by atoms with E-state index in [4.69, 9.17) is 9.97 Å². The summed E-state index contributed by atoms with van der Waals surface area (Å²) in [6, 6.07) is 34.1. The number of aromatic nitrogens is 4. The molecule has 4 heterocycles. The molecule has 0 saturated heterocycles. The number of aryl methyl sites for hydroxylation is 2. The molecule has 0 bridgehead atoms. The molecule has 0 N–H and O–H groups in total. The maximum Gasteiger partial charge on any atom is 2.00 e. The maximum absolute atomic E-state index is 5.22. The fraction of sp³-hybridized carbons (Fsp3) is 0.348. The molecule has 0 atom stereocenters. The molecule has 2 fully saturated rings. The van der Waals surface area contributed by atoms with Crippen LogP contribution in [0.5, 0.6) is 0 Å². The third-order valence-electron chi connectivity index (χ3n) is 12.0. The number of pyridine rings is 2. The molecule has 4 nitrogen and oxygen atoms in total. The van der Waals surface area contributed by atoms with Crippen LogP contribution >= 0.6 is 0 Å². The summed E-state index contributed by atoms with van der Waals surface area (Å²) in [5.41, 5.74) is 9.53. The molecule has 2 aliphatic rings. The van der Waals surface area contributed by atoms with Crippen LogP contribution in [0.4, 0.5) is 0 Å². The first-order valence-electron chi connectivity index (χ1n) is 19.2. The first-order chi connectivity index (χ1) is 24.7. The zero-order valence-electron chi connectivity index (χ0n) is 29.2. The fourth-order valence-corrected chi connectivity index (χ4v) is 9.49. The van der Waals surface area contributed by atoms with Crippen molar-refractivity contribution >= 4 is 54.6 Å². The fourth-order valence-electron chi connectivity index (χ4n) is 9.49. The minimum Gasteiger partial charge on any atom is -0.340 e. The van der Waals surface area contributed by atoms with E-state index in [9.17, 15) is 0 Å². The van der Waals surface area contributed by atoms with E-state index in [1.165, 1.54) is 121 Å². The SMILES string of the molecule is [Pt+2].[c-]1cccc2c1c1nc(CCc3cn4c5ccc(CC6CCCCC6)cc5c5ccc[c-]c5c4n3)cn1c1ccc(CC3CCCCC3)cc21. The van der Waals surface area contributed by atoms with Crippen LogP contribution in [0.1, 0.15) is 86.7 Å². The molecule has 2 saturated carbocycles. The number of benzene rings is 4. The van der Waals surface area contributed by atoms with Crippen molar-refractivity contribution in [2.75, 3.05) is 0 Å². The predicted molar refractivity (Wildman–Crippen MR) is 206 cm³/mol. The van der Waals surface area contributed by atoms with Crippen molar-refractivity contribution in [2.24, 2.45) is 11.8 Å². The number of fused-ring (bicyclic) bond motifs is 12. The van der Waals surface area contributed by atoms with E-state index in [-0.39, 0.29) is 21.1 Å². The maximum atomic E-state index is 5.22. The van der Waals surface area contributed by atoms with Gasteiger partial charge in [-0.25, -0.2) is 0 Å². The Bertz CT molecular complexity index is 2350. The van der Waals surface area contributed by atoms with Crippen molar-refractivity contribution in [1.82, 2.24) is 18.8 Å². The number of imidazole rings is 2. The minimum atomic E-state index is 0. The Kier molecular flexibility index (Phi) is 8.92. The summed E-state index contributed by atoms with van der Waals surface area (Å²) in [5.74, 6) is 1.64. The van der Waals surface area contributed by atoms with Gasteiger partial charge in [-0.3, -0.25) is 9.97 Å². The third-order valence-corrected chi connectivity index (χ3v) is 12.0. The van der Waals surface area contributed by atoms with Crippen LogP contribution in [0.2, 0.25) is 0 Å². The van der Waals surface area contributed by atoms with Gasteiger partial charge in [0.25, 0.3) is 0 Å². The molecule has 10 rings (SSSR count). The van der Waals surface area contributed by atoms with Crippen LogP contribution in [0.25, 0.3) is 54.6 Å². The van der Waals surface area contributed by atoms with Gasteiger partial charge in [0, 0.05) is 34.8 Å². The van der Waals surface area contributed by atoms with Crippen molar-refractivity contribution in [1.29, 1.82) is 0 Å². The molecule has 258 valence electrons. The van der Waals surface area contributed by atoms with Crippen LogP contribution in [-0.2, 0) is 46.7 Å². The molecule has 4 aromatic carbocycles. The van der Waals surface area contributed by atoms with Crippen molar-refractivity contribution in [3.05, 3.63) is 120 Å². The molecule has 2 aliphatic carbocycles. The van der Waals surface area contributed by atoms with Gasteiger partial charge < -0.3 is 8.80 Å². The first-order valence-corrected chi connectivity index (χ1v) is 19.2. The molecule has 0 radical (unpaired) electrons. The van der Waals surface area contributed by atoms with Crippen LogP contribution in [0.3, 0.4) is 0 Å². The summed E-state index contributed by atoms with van der Waals surface area (Å²) in [5, 5.41) is 7.30. The summed E-state index contributed by atoms with van der Waals surface area (Å²) in [7, 11) is 0. The Morgan fingerprint density at radius 2 is 1.00 bits per heavy atom. The van der Waals surface area contributed by atoms with E-state index in [1.807, 2.05) is 12.1 Å². The molecule has 0 amide bonds. The van der Waals surface area contributed by atoms with Gasteiger partial charge in [-0.1, -0.05) is 99.2 Å². The average Bonchev–Trinajstić information content (AvgIpc) is 3.81. The Labute approximate surface area is 314 Å². The second-order valence-electron chi connectivity index (χ2n) is 15.4. The topological polar surface area (TPSA) is 34.6 Å². The second-order valence-corrected chi connectivity index (χ2v) is 15.4. The quantitative estimate of drug-likeness (QED) is 0.118. The number of hydrogen-bond donors (Lipinski definition) is 0. The van der Waals surface area contributed by atoms with E-state index >= 15 is 0 Å². The summed E-state index contributed by atoms with van der Waals surface area (Å²) >= 11 is 0. The smallest absolute Gasteiger partial charge is 0.340 e. The van der Waals surface area contributed by atoms with Gasteiger partial charge in [0.2, 0.25) is 0 Å². The molecule has 8 aromatic rings. The van der Waals surface area contributed by atoms with Gasteiger partial charge in [-0.15, -0.1) is 59.3 Å². The molecule has 5 heteroatoms. The Morgan fingerprint density at radius 3 is 1.45 bits per heavy atom. The second kappa shape index (κ2) is 13.8. The standard InChI is InChI=1S/C46H44N4.Pt/c1-3-11-31(12-4-1)25-33-19-23-43-41(27-33)37-15-7-9-17-39(37)45-47-35(29-49(43)45)21-22-36-30-50-44-24-20-34(26-32-13-5-2-6-14-32)28-42(44)38-16-8-10-18-40(38)46(50)48-36;/h7-10,15-16,19-20,23-24,27-32H,1-6,11-14,21-22,25-26H2;/q-2;+2. The van der Waals surface area contributed by atoms with Gasteiger partial charge in [0.15, 0.2) is 0 Å². The largest absolute Gasteiger partial charge is 2.00 e. The van der Waals surface area contributed by atoms with E-state index < -0.39 is 0 Å². The Morgan fingerprint density at radius 1 is 0.549 bits per heavy atom. The summed E-state index contributed by atoms with van der Waals surface area (Å²) in [4.78, 5) is 10.4. The zero-order valence-corrected chi connectivity index (χ0v) is 31.5. The molecular formula is C46H44N4Pt. The number of nitrogens with zero attached hydrogens (tertiary/aromatic N) is 4. The molecule has 0 aliphatic heterocycles. The van der Waals surface area contributed by atoms with Crippen LogP contribution in [0, 0.1) is 24.0 Å². The molecule has 4 aromatic heterocycles. The van der Waals surface area contributed by atoms with Crippen molar-refractivity contribution < 1.29 is 21.1 Å². The van der Waals surface area contributed by atoms with Gasteiger partial charge >= 0.3 is 21.1 Å². The van der Waals surface area contributed by atoms with E-state index in [1.54, 1.807) is 0 Å². The average molecular weight is 848 g/mol. The van der Waals surface area contributed by atoms with Crippen molar-refractivity contribution in [3.63, 3.8) is 0 Å². The first kappa shape index (κ1) is 32.9.